The van der Waals surface area contributed by atoms with Crippen LogP contribution in [-0.2, 0) is 19.2 Å². The highest BCUT2D eigenvalue weighted by Gasteiger charge is 2.70. The van der Waals surface area contributed by atoms with Crippen LogP contribution in [0.15, 0.2) is 0 Å². The molecule has 1 aliphatic carbocycles. The third kappa shape index (κ3) is 5.23. The fourth-order valence-corrected chi connectivity index (χ4v) is 3.83. The second-order valence-corrected chi connectivity index (χ2v) is 8.10. The molecule has 0 unspecified atom stereocenters. The van der Waals surface area contributed by atoms with E-state index in [1.807, 2.05) is 0 Å². The molecular formula is C23H32F3N5O4. The van der Waals surface area contributed by atoms with Crippen LogP contribution in [0.3, 0.4) is 0 Å². The molecule has 0 spiro atoms. The number of fused-ring (bicyclic) bond motifs is 1. The molecule has 0 aromatic rings. The van der Waals surface area contributed by atoms with E-state index in [0.29, 0.717) is 5.32 Å². The van der Waals surface area contributed by atoms with Crippen molar-refractivity contribution in [3.63, 3.8) is 0 Å². The zero-order valence-corrected chi connectivity index (χ0v) is 17.5. The van der Waals surface area contributed by atoms with E-state index in [4.69, 9.17) is 26.0 Å². The summed E-state index contributed by atoms with van der Waals surface area (Å²) >= 11 is 0. The summed E-state index contributed by atoms with van der Waals surface area (Å²) in [6.45, 7) is -25.8. The smallest absolute Gasteiger partial charge is 0.356 e. The zero-order valence-electron chi connectivity index (χ0n) is 37.5. The van der Waals surface area contributed by atoms with Crippen molar-refractivity contribution < 1.29 is 59.8 Å². The maximum atomic E-state index is 14.5. The molecule has 35 heavy (non-hydrogen) atoms. The number of rotatable bonds is 6. The van der Waals surface area contributed by atoms with Crippen molar-refractivity contribution in [3.05, 3.63) is 0 Å². The Morgan fingerprint density at radius 1 is 1.37 bits per heavy atom. The molecule has 3 N–H and O–H groups in total. The van der Waals surface area contributed by atoms with Gasteiger partial charge >= 0.3 is 12.1 Å². The number of amides is 4. The Morgan fingerprint density at radius 3 is 2.57 bits per heavy atom. The number of hydrogen-bond acceptors (Lipinski definition) is 5. The SMILES string of the molecule is [2H]C1([2H])C[C@@]([2H])(C[C@@H](C#N)NC(=O)[C@]2([2H])[C@@H]3[C@H](CN2C(=O)[C@@]([2H])(NC(=O)C(F)(F)F)C(C([2H])([2H])[2H])(C([2H])([2H])[2H])C([2H])([2H])[2H])C3(C([2H])([2H])[2H])C([2H])([2H])[2H])C(=O)N1. The quantitative estimate of drug-likeness (QED) is 0.484. The van der Waals surface area contributed by atoms with Gasteiger partial charge in [-0.1, -0.05) is 34.3 Å². The number of halogens is 3. The molecule has 0 aromatic heterocycles. The van der Waals surface area contributed by atoms with E-state index in [9.17, 15) is 39.0 Å². The maximum Gasteiger partial charge on any atom is 0.471 e. The topological polar surface area (TPSA) is 131 Å². The molecule has 2 heterocycles. The molecule has 194 valence electrons. The average Bonchev–Trinajstić information content (AvgIpc) is 3.46. The summed E-state index contributed by atoms with van der Waals surface area (Å²) in [6, 6.07) is -9.88. The minimum Gasteiger partial charge on any atom is -0.356 e. The molecular weight excluding hydrogens is 467 g/mol. The first-order valence-electron chi connectivity index (χ1n) is 19.8. The molecule has 1 saturated carbocycles. The first kappa shape index (κ1) is 10.6. The Balaban J connectivity index is 2.39. The summed E-state index contributed by atoms with van der Waals surface area (Å²) < 4.78 is 202. The van der Waals surface area contributed by atoms with Crippen molar-refractivity contribution in [3.8, 4) is 6.07 Å². The normalized spacial score (nSPS) is 45.7. The van der Waals surface area contributed by atoms with E-state index < -0.39 is 141 Å². The maximum absolute atomic E-state index is 14.5. The lowest BCUT2D eigenvalue weighted by molar-refractivity contribution is -0.176. The van der Waals surface area contributed by atoms with Gasteiger partial charge in [0, 0.05) is 43.6 Å². The van der Waals surface area contributed by atoms with Crippen LogP contribution in [0.4, 0.5) is 13.2 Å². The molecule has 12 heteroatoms. The van der Waals surface area contributed by atoms with Gasteiger partial charge < -0.3 is 20.9 Å². The summed E-state index contributed by atoms with van der Waals surface area (Å²) in [5, 5.41) is 13.9. The second kappa shape index (κ2) is 8.99. The number of likely N-dealkylation sites (tertiary alicyclic amines) is 1. The molecule has 0 bridgehead atoms. The number of carbonyl (C=O) groups is 4. The number of nitrogens with zero attached hydrogens (tertiary/aromatic N) is 2. The summed E-state index contributed by atoms with van der Waals surface area (Å²) in [4.78, 5) is 53.0. The number of carbonyl (C=O) groups excluding carboxylic acids is 4. The van der Waals surface area contributed by atoms with Crippen LogP contribution in [0, 0.1) is 39.9 Å². The molecule has 3 aliphatic rings. The van der Waals surface area contributed by atoms with Crippen LogP contribution in [0.5, 0.6) is 0 Å². The Hall–Kier alpha value is -2.84. The molecule has 0 radical (unpaired) electrons. The summed E-state index contributed by atoms with van der Waals surface area (Å²) in [5.41, 5.74) is -8.25. The fourth-order valence-electron chi connectivity index (χ4n) is 3.83. The van der Waals surface area contributed by atoms with E-state index in [1.54, 1.807) is 10.6 Å². The van der Waals surface area contributed by atoms with E-state index in [2.05, 4.69) is 0 Å². The van der Waals surface area contributed by atoms with Gasteiger partial charge in [-0.2, -0.15) is 18.4 Å². The Morgan fingerprint density at radius 2 is 2.06 bits per heavy atom. The lowest BCUT2D eigenvalue weighted by Gasteiger charge is -2.37. The first-order chi connectivity index (χ1) is 24.0. The molecule has 2 aliphatic heterocycles. The van der Waals surface area contributed by atoms with Crippen molar-refractivity contribution in [2.24, 2.45) is 28.6 Å². The van der Waals surface area contributed by atoms with Crippen LogP contribution < -0.4 is 16.0 Å². The number of piperidine rings is 1. The minimum absolute atomic E-state index is 0.458. The number of alkyl halides is 3. The van der Waals surface area contributed by atoms with Gasteiger partial charge in [0.1, 0.15) is 18.1 Å². The van der Waals surface area contributed by atoms with Gasteiger partial charge in [0.25, 0.3) is 0 Å². The van der Waals surface area contributed by atoms with Crippen molar-refractivity contribution in [2.45, 2.75) is 71.4 Å². The molecule has 0 aromatic carbocycles. The third-order valence-corrected chi connectivity index (χ3v) is 5.63. The fraction of sp³-hybridized carbons (Fsp3) is 0.783. The Bertz CT molecular complexity index is 1620. The first-order valence-corrected chi connectivity index (χ1v) is 9.77. The molecule has 6 atom stereocenters. The summed E-state index contributed by atoms with van der Waals surface area (Å²) in [5.74, 6) is -17.0. The van der Waals surface area contributed by atoms with E-state index in [-0.39, 0.29) is 0 Å². The van der Waals surface area contributed by atoms with Crippen LogP contribution >= 0.6 is 0 Å². The van der Waals surface area contributed by atoms with Crippen molar-refractivity contribution in [2.75, 3.05) is 13.0 Å². The standard InChI is InChI=1S/C23H32F3N5O4/c1-21(2,3)16(30-20(35)23(24,25)26)19(34)31-10-13-14(22(13,4)5)15(31)18(33)29-12(9-27)8-11-6-7-28-17(11)32/h11-16H,6-8,10H2,1-5H3,(H,28,32)(H,29,33)(H,30,35)/t11-,12-,13-,14-,15-,16+/m0/s1/i1D3,2D3,3D3,4D3,5D3,7D2,11D,15D,16D. The minimum atomic E-state index is -6.22. The van der Waals surface area contributed by atoms with Crippen LogP contribution in [0.25, 0.3) is 0 Å². The van der Waals surface area contributed by atoms with Gasteiger partial charge in [0.05, 0.1) is 8.81 Å². The molecule has 3 fully saturated rings. The van der Waals surface area contributed by atoms with Gasteiger partial charge in [-0.25, -0.2) is 0 Å². The summed E-state index contributed by atoms with van der Waals surface area (Å²) in [6.07, 6.45) is -8.28. The second-order valence-electron chi connectivity index (χ2n) is 8.10. The number of nitrogens with one attached hydrogen (secondary N) is 3. The largest absolute Gasteiger partial charge is 0.471 e. The van der Waals surface area contributed by atoms with Crippen LogP contribution in [0.1, 0.15) is 74.5 Å². The zero-order chi connectivity index (χ0) is 43.6. The van der Waals surface area contributed by atoms with E-state index in [1.165, 1.54) is 6.07 Å². The molecule has 4 amide bonds. The van der Waals surface area contributed by atoms with Gasteiger partial charge in [0.2, 0.25) is 17.7 Å². The van der Waals surface area contributed by atoms with Crippen LogP contribution in [-0.4, -0.2) is 65.8 Å². The highest BCUT2D eigenvalue weighted by atomic mass is 19.4. The van der Waals surface area contributed by atoms with Gasteiger partial charge in [-0.3, -0.25) is 19.2 Å². The summed E-state index contributed by atoms with van der Waals surface area (Å²) in [7, 11) is 0. The number of hydrogen-bond donors (Lipinski definition) is 3. The van der Waals surface area contributed by atoms with Gasteiger partial charge in [-0.15, -0.1) is 0 Å². The lowest BCUT2D eigenvalue weighted by Crippen LogP contribution is -2.61. The molecule has 9 nitrogen and oxygen atoms in total. The van der Waals surface area contributed by atoms with E-state index in [0.717, 1.165) is 0 Å². The number of nitriles is 1. The third-order valence-electron chi connectivity index (χ3n) is 5.63. The predicted octanol–water partition coefficient (Wildman–Crippen LogP) is 1.10. The van der Waals surface area contributed by atoms with Crippen molar-refractivity contribution in [1.82, 2.24) is 20.9 Å². The van der Waals surface area contributed by atoms with Crippen LogP contribution in [0.2, 0.25) is 0 Å². The van der Waals surface area contributed by atoms with Crippen molar-refractivity contribution >= 4 is 23.6 Å². The monoisotopic (exact) mass is 519 g/mol. The lowest BCUT2D eigenvalue weighted by atomic mass is 9.85. The average molecular weight is 520 g/mol. The van der Waals surface area contributed by atoms with Gasteiger partial charge in [0.15, 0.2) is 0 Å². The van der Waals surface area contributed by atoms with Gasteiger partial charge in [-0.05, 0) is 35.5 Å². The molecule has 2 saturated heterocycles. The Kier molecular flexibility index (Phi) is 2.73. The van der Waals surface area contributed by atoms with Crippen molar-refractivity contribution in [1.29, 1.82) is 5.26 Å². The Labute approximate surface area is 230 Å². The highest BCUT2D eigenvalue weighted by Crippen LogP contribution is 2.65. The predicted molar refractivity (Wildman–Crippen MR) is 117 cm³/mol. The highest BCUT2D eigenvalue weighted by molar-refractivity contribution is 5.95. The van der Waals surface area contributed by atoms with E-state index >= 15 is 0 Å². The molecule has 3 rings (SSSR count).